The van der Waals surface area contributed by atoms with E-state index in [0.29, 0.717) is 16.9 Å². The minimum atomic E-state index is -1.13. The van der Waals surface area contributed by atoms with Crippen molar-refractivity contribution >= 4 is 35.1 Å². The van der Waals surface area contributed by atoms with Crippen LogP contribution in [0.15, 0.2) is 48.5 Å². The molecule has 0 saturated carbocycles. The molecule has 0 bridgehead atoms. The fraction of sp³-hybridized carbons (Fsp3) is 0.158. The third kappa shape index (κ3) is 6.62. The summed E-state index contributed by atoms with van der Waals surface area (Å²) in [4.78, 5) is 45.3. The van der Waals surface area contributed by atoms with Gasteiger partial charge in [0.1, 0.15) is 6.54 Å². The maximum absolute atomic E-state index is 12.1. The van der Waals surface area contributed by atoms with Gasteiger partial charge in [-0.1, -0.05) is 12.1 Å². The number of carbonyl (C=O) groups excluding carboxylic acids is 3. The van der Waals surface area contributed by atoms with Gasteiger partial charge >= 0.3 is 5.97 Å². The smallest absolute Gasteiger partial charge is 0.322 e. The molecular weight excluding hydrogens is 350 g/mol. The number of hydrogen-bond donors (Lipinski definition) is 4. The Labute approximate surface area is 155 Å². The SMILES string of the molecule is CC(=O)Nc1ccc(CC(=O)Nc2ccc(C(=O)NCC(=O)O)cc2)cc1. The third-order valence-electron chi connectivity index (χ3n) is 3.47. The van der Waals surface area contributed by atoms with Crippen LogP contribution >= 0.6 is 0 Å². The molecule has 2 aromatic carbocycles. The Balaban J connectivity index is 1.89. The summed E-state index contributed by atoms with van der Waals surface area (Å²) in [6.07, 6.45) is 0.154. The molecule has 140 valence electrons. The zero-order valence-corrected chi connectivity index (χ0v) is 14.6. The quantitative estimate of drug-likeness (QED) is 0.590. The van der Waals surface area contributed by atoms with E-state index in [4.69, 9.17) is 5.11 Å². The van der Waals surface area contributed by atoms with E-state index in [1.165, 1.54) is 19.1 Å². The maximum atomic E-state index is 12.1. The molecule has 0 spiro atoms. The van der Waals surface area contributed by atoms with Crippen molar-refractivity contribution in [3.8, 4) is 0 Å². The highest BCUT2D eigenvalue weighted by molar-refractivity contribution is 5.97. The monoisotopic (exact) mass is 369 g/mol. The number of carbonyl (C=O) groups is 4. The summed E-state index contributed by atoms with van der Waals surface area (Å²) in [6.45, 7) is 0.959. The summed E-state index contributed by atoms with van der Waals surface area (Å²) < 4.78 is 0. The van der Waals surface area contributed by atoms with Crippen LogP contribution in [0.1, 0.15) is 22.8 Å². The zero-order valence-electron chi connectivity index (χ0n) is 14.6. The molecule has 8 heteroatoms. The van der Waals surface area contributed by atoms with Crippen LogP contribution in [0.4, 0.5) is 11.4 Å². The second-order valence-electron chi connectivity index (χ2n) is 5.76. The fourth-order valence-electron chi connectivity index (χ4n) is 2.26. The van der Waals surface area contributed by atoms with Crippen LogP contribution < -0.4 is 16.0 Å². The molecule has 0 radical (unpaired) electrons. The van der Waals surface area contributed by atoms with Crippen LogP contribution in [-0.2, 0) is 20.8 Å². The molecule has 0 atom stereocenters. The van der Waals surface area contributed by atoms with E-state index in [1.54, 1.807) is 36.4 Å². The van der Waals surface area contributed by atoms with Gasteiger partial charge < -0.3 is 21.1 Å². The first kappa shape index (κ1) is 19.6. The first-order valence-electron chi connectivity index (χ1n) is 8.10. The van der Waals surface area contributed by atoms with Crippen molar-refractivity contribution in [1.29, 1.82) is 0 Å². The van der Waals surface area contributed by atoms with E-state index in [2.05, 4.69) is 16.0 Å². The lowest BCUT2D eigenvalue weighted by Gasteiger charge is -2.08. The Bertz CT molecular complexity index is 845. The lowest BCUT2D eigenvalue weighted by atomic mass is 10.1. The Morgan fingerprint density at radius 2 is 1.41 bits per heavy atom. The number of amides is 3. The molecule has 2 aromatic rings. The van der Waals surface area contributed by atoms with E-state index in [-0.39, 0.29) is 18.2 Å². The van der Waals surface area contributed by atoms with Crippen molar-refractivity contribution in [2.45, 2.75) is 13.3 Å². The van der Waals surface area contributed by atoms with Gasteiger partial charge in [-0.05, 0) is 42.0 Å². The molecule has 8 nitrogen and oxygen atoms in total. The second kappa shape index (κ2) is 9.14. The summed E-state index contributed by atoms with van der Waals surface area (Å²) in [7, 11) is 0. The molecule has 0 saturated heterocycles. The van der Waals surface area contributed by atoms with Crippen molar-refractivity contribution in [3.05, 3.63) is 59.7 Å². The van der Waals surface area contributed by atoms with Crippen molar-refractivity contribution in [1.82, 2.24) is 5.32 Å². The highest BCUT2D eigenvalue weighted by Gasteiger charge is 2.08. The maximum Gasteiger partial charge on any atom is 0.322 e. The largest absolute Gasteiger partial charge is 0.480 e. The van der Waals surface area contributed by atoms with Gasteiger partial charge in [-0.25, -0.2) is 0 Å². The number of aliphatic carboxylic acids is 1. The van der Waals surface area contributed by atoms with Gasteiger partial charge in [-0.3, -0.25) is 19.2 Å². The summed E-state index contributed by atoms with van der Waals surface area (Å²) >= 11 is 0. The van der Waals surface area contributed by atoms with Crippen molar-refractivity contribution < 1.29 is 24.3 Å². The Hall–Kier alpha value is -3.68. The fourth-order valence-corrected chi connectivity index (χ4v) is 2.26. The Morgan fingerprint density at radius 3 is 1.96 bits per heavy atom. The number of carboxylic acids is 1. The van der Waals surface area contributed by atoms with E-state index in [9.17, 15) is 19.2 Å². The molecule has 2 rings (SSSR count). The molecule has 0 heterocycles. The van der Waals surface area contributed by atoms with Gasteiger partial charge in [-0.2, -0.15) is 0 Å². The van der Waals surface area contributed by atoms with E-state index in [0.717, 1.165) is 5.56 Å². The van der Waals surface area contributed by atoms with Gasteiger partial charge in [0.25, 0.3) is 5.91 Å². The van der Waals surface area contributed by atoms with Crippen molar-refractivity contribution in [2.75, 3.05) is 17.2 Å². The lowest BCUT2D eigenvalue weighted by molar-refractivity contribution is -0.135. The number of carboxylic acid groups (broad SMARTS) is 1. The molecule has 0 aliphatic heterocycles. The van der Waals surface area contributed by atoms with Gasteiger partial charge in [0.05, 0.1) is 6.42 Å². The second-order valence-corrected chi connectivity index (χ2v) is 5.76. The van der Waals surface area contributed by atoms with E-state index >= 15 is 0 Å². The molecule has 3 amide bonds. The first-order valence-corrected chi connectivity index (χ1v) is 8.10. The Morgan fingerprint density at radius 1 is 0.852 bits per heavy atom. The van der Waals surface area contributed by atoms with Crippen LogP contribution in [0, 0.1) is 0 Å². The zero-order chi connectivity index (χ0) is 19.8. The molecular formula is C19H19N3O5. The lowest BCUT2D eigenvalue weighted by Crippen LogP contribution is -2.29. The highest BCUT2D eigenvalue weighted by atomic mass is 16.4. The minimum absolute atomic E-state index is 0.154. The normalized spacial score (nSPS) is 9.96. The molecule has 4 N–H and O–H groups in total. The average Bonchev–Trinajstić information content (AvgIpc) is 2.61. The number of rotatable bonds is 7. The van der Waals surface area contributed by atoms with Crippen molar-refractivity contribution in [3.63, 3.8) is 0 Å². The molecule has 27 heavy (non-hydrogen) atoms. The minimum Gasteiger partial charge on any atom is -0.480 e. The van der Waals surface area contributed by atoms with Gasteiger partial charge in [0.15, 0.2) is 0 Å². The Kier molecular flexibility index (Phi) is 6.65. The number of nitrogens with one attached hydrogen (secondary N) is 3. The van der Waals surface area contributed by atoms with Crippen LogP contribution in [0.25, 0.3) is 0 Å². The van der Waals surface area contributed by atoms with Crippen LogP contribution in [-0.4, -0.2) is 35.3 Å². The molecule has 0 fully saturated rings. The number of benzene rings is 2. The summed E-state index contributed by atoms with van der Waals surface area (Å²) in [6, 6.07) is 13.1. The summed E-state index contributed by atoms with van der Waals surface area (Å²) in [5, 5.41) is 16.2. The summed E-state index contributed by atoms with van der Waals surface area (Å²) in [5.74, 6) is -2.03. The van der Waals surface area contributed by atoms with Gasteiger partial charge in [-0.15, -0.1) is 0 Å². The molecule has 0 unspecified atom stereocenters. The third-order valence-corrected chi connectivity index (χ3v) is 3.47. The van der Waals surface area contributed by atoms with E-state index in [1.807, 2.05) is 0 Å². The first-order chi connectivity index (χ1) is 12.8. The van der Waals surface area contributed by atoms with Crippen LogP contribution in [0.2, 0.25) is 0 Å². The summed E-state index contributed by atoms with van der Waals surface area (Å²) in [5.41, 5.74) is 2.25. The molecule has 0 aliphatic carbocycles. The molecule has 0 aliphatic rings. The standard InChI is InChI=1S/C19H19N3O5/c1-12(23)21-15-6-2-13(3-7-15)10-17(24)22-16-8-4-14(5-9-16)19(27)20-11-18(25)26/h2-9H,10-11H2,1H3,(H,20,27)(H,21,23)(H,22,24)(H,25,26). The van der Waals surface area contributed by atoms with Gasteiger partial charge in [0, 0.05) is 23.9 Å². The predicted octanol–water partition coefficient (Wildman–Crippen LogP) is 1.64. The molecule has 0 aromatic heterocycles. The van der Waals surface area contributed by atoms with Gasteiger partial charge in [0.2, 0.25) is 11.8 Å². The highest BCUT2D eigenvalue weighted by Crippen LogP contribution is 2.13. The van der Waals surface area contributed by atoms with Crippen LogP contribution in [0.3, 0.4) is 0 Å². The van der Waals surface area contributed by atoms with Crippen LogP contribution in [0.5, 0.6) is 0 Å². The topological polar surface area (TPSA) is 125 Å². The number of anilines is 2. The van der Waals surface area contributed by atoms with Crippen molar-refractivity contribution in [2.24, 2.45) is 0 Å². The number of hydrogen-bond acceptors (Lipinski definition) is 4. The predicted molar refractivity (Wildman–Crippen MR) is 99.5 cm³/mol. The average molecular weight is 369 g/mol. The van der Waals surface area contributed by atoms with E-state index < -0.39 is 18.4 Å².